The first kappa shape index (κ1) is 14.8. The molecule has 0 aliphatic carbocycles. The summed E-state index contributed by atoms with van der Waals surface area (Å²) in [5.74, 6) is -1.39. The van der Waals surface area contributed by atoms with E-state index < -0.39 is 11.5 Å². The van der Waals surface area contributed by atoms with Gasteiger partial charge in [-0.05, 0) is 23.3 Å². The van der Waals surface area contributed by atoms with E-state index in [0.717, 1.165) is 11.1 Å². The zero-order valence-corrected chi connectivity index (χ0v) is 12.3. The Morgan fingerprint density at radius 1 is 0.826 bits per heavy atom. The molecule has 2 N–H and O–H groups in total. The normalized spacial score (nSPS) is 10.7. The van der Waals surface area contributed by atoms with E-state index in [-0.39, 0.29) is 11.5 Å². The molecule has 0 aliphatic rings. The maximum atomic E-state index is 12.0. The first-order chi connectivity index (χ1) is 11.2. The molecule has 3 aromatic rings. The van der Waals surface area contributed by atoms with Crippen LogP contribution in [0.1, 0.15) is 33.1 Å². The van der Waals surface area contributed by atoms with Crippen LogP contribution in [0, 0.1) is 0 Å². The maximum absolute atomic E-state index is 12.0. The molecule has 0 aliphatic heterocycles. The molecular weight excluding hydrogens is 290 g/mol. The molecule has 0 amide bonds. The Morgan fingerprint density at radius 3 is 1.78 bits per heavy atom. The molecule has 1 aromatic heterocycles. The van der Waals surface area contributed by atoms with E-state index in [1.165, 1.54) is 6.07 Å². The van der Waals surface area contributed by atoms with Crippen molar-refractivity contribution in [2.75, 3.05) is 0 Å². The van der Waals surface area contributed by atoms with E-state index in [4.69, 9.17) is 5.11 Å². The average Bonchev–Trinajstić information content (AvgIpc) is 2.57. The molecule has 0 radical (unpaired) electrons. The fourth-order valence-electron chi connectivity index (χ4n) is 2.67. The molecule has 0 saturated heterocycles. The van der Waals surface area contributed by atoms with Crippen molar-refractivity contribution in [2.24, 2.45) is 0 Å². The third-order valence-electron chi connectivity index (χ3n) is 3.74. The predicted octanol–water partition coefficient (Wildman–Crippen LogP) is 3.25. The van der Waals surface area contributed by atoms with Crippen molar-refractivity contribution >= 4 is 5.97 Å². The number of aromatic amines is 1. The molecule has 0 saturated carbocycles. The van der Waals surface area contributed by atoms with E-state index >= 15 is 0 Å². The molecule has 114 valence electrons. The van der Waals surface area contributed by atoms with Crippen LogP contribution in [-0.2, 0) is 0 Å². The number of aromatic nitrogens is 1. The Morgan fingerprint density at radius 2 is 1.35 bits per heavy atom. The summed E-state index contributed by atoms with van der Waals surface area (Å²) in [5.41, 5.74) is 1.87. The molecule has 23 heavy (non-hydrogen) atoms. The summed E-state index contributed by atoms with van der Waals surface area (Å²) in [4.78, 5) is 25.8. The third-order valence-corrected chi connectivity index (χ3v) is 3.74. The number of carboxylic acid groups (broad SMARTS) is 1. The molecule has 4 nitrogen and oxygen atoms in total. The number of hydrogen-bond acceptors (Lipinski definition) is 2. The lowest BCUT2D eigenvalue weighted by Gasteiger charge is -2.18. The van der Waals surface area contributed by atoms with E-state index in [9.17, 15) is 9.59 Å². The van der Waals surface area contributed by atoms with Crippen LogP contribution in [0.3, 0.4) is 0 Å². The summed E-state index contributed by atoms with van der Waals surface area (Å²) in [6.07, 6.45) is 0. The van der Waals surface area contributed by atoms with Crippen LogP contribution in [0.25, 0.3) is 0 Å². The van der Waals surface area contributed by atoms with Crippen molar-refractivity contribution in [1.29, 1.82) is 0 Å². The van der Waals surface area contributed by atoms with Crippen molar-refractivity contribution in [3.63, 3.8) is 0 Å². The smallest absolute Gasteiger partial charge is 0.341 e. The van der Waals surface area contributed by atoms with Gasteiger partial charge in [-0.15, -0.1) is 0 Å². The SMILES string of the molecule is O=C(O)c1ccc(C(c2ccccc2)c2ccccc2)[nH]c1=O. The Hall–Kier alpha value is -3.14. The van der Waals surface area contributed by atoms with Crippen molar-refractivity contribution in [1.82, 2.24) is 4.98 Å². The summed E-state index contributed by atoms with van der Waals surface area (Å²) < 4.78 is 0. The largest absolute Gasteiger partial charge is 0.477 e. The first-order valence-electron chi connectivity index (χ1n) is 7.23. The molecule has 0 spiro atoms. The van der Waals surface area contributed by atoms with Gasteiger partial charge in [-0.1, -0.05) is 60.7 Å². The summed E-state index contributed by atoms with van der Waals surface area (Å²) in [6, 6.07) is 22.6. The van der Waals surface area contributed by atoms with E-state index in [2.05, 4.69) is 4.98 Å². The Labute approximate surface area is 133 Å². The molecule has 0 atom stereocenters. The minimum Gasteiger partial charge on any atom is -0.477 e. The van der Waals surface area contributed by atoms with Gasteiger partial charge in [0.1, 0.15) is 5.56 Å². The molecule has 2 aromatic carbocycles. The molecule has 3 rings (SSSR count). The van der Waals surface area contributed by atoms with Crippen molar-refractivity contribution in [3.05, 3.63) is 106 Å². The van der Waals surface area contributed by atoms with Crippen molar-refractivity contribution in [3.8, 4) is 0 Å². The van der Waals surface area contributed by atoms with Crippen molar-refractivity contribution < 1.29 is 9.90 Å². The van der Waals surface area contributed by atoms with E-state index in [0.29, 0.717) is 5.69 Å². The molecule has 0 fully saturated rings. The number of benzene rings is 2. The maximum Gasteiger partial charge on any atom is 0.341 e. The Balaban J connectivity index is 2.15. The van der Waals surface area contributed by atoms with Gasteiger partial charge in [0.05, 0.1) is 0 Å². The number of nitrogens with one attached hydrogen (secondary N) is 1. The van der Waals surface area contributed by atoms with E-state index in [1.807, 2.05) is 60.7 Å². The van der Waals surface area contributed by atoms with Gasteiger partial charge < -0.3 is 10.1 Å². The van der Waals surface area contributed by atoms with Crippen LogP contribution in [0.5, 0.6) is 0 Å². The lowest BCUT2D eigenvalue weighted by atomic mass is 9.88. The first-order valence-corrected chi connectivity index (χ1v) is 7.23. The molecule has 4 heteroatoms. The number of aromatic carboxylic acids is 1. The lowest BCUT2D eigenvalue weighted by Crippen LogP contribution is -2.20. The van der Waals surface area contributed by atoms with Crippen LogP contribution in [0.15, 0.2) is 77.6 Å². The minimum absolute atomic E-state index is 0.159. The van der Waals surface area contributed by atoms with Gasteiger partial charge in [0.2, 0.25) is 0 Å². The Kier molecular flexibility index (Phi) is 4.06. The van der Waals surface area contributed by atoms with Crippen LogP contribution in [0.2, 0.25) is 0 Å². The lowest BCUT2D eigenvalue weighted by molar-refractivity contribution is 0.0695. The summed E-state index contributed by atoms with van der Waals surface area (Å²) >= 11 is 0. The monoisotopic (exact) mass is 305 g/mol. The fraction of sp³-hybridized carbons (Fsp3) is 0.0526. The summed E-state index contributed by atoms with van der Waals surface area (Å²) in [7, 11) is 0. The summed E-state index contributed by atoms with van der Waals surface area (Å²) in [5, 5.41) is 9.01. The summed E-state index contributed by atoms with van der Waals surface area (Å²) in [6.45, 7) is 0. The van der Waals surface area contributed by atoms with Crippen LogP contribution < -0.4 is 5.56 Å². The van der Waals surface area contributed by atoms with Crippen molar-refractivity contribution in [2.45, 2.75) is 5.92 Å². The number of carbonyl (C=O) groups is 1. The molecule has 1 heterocycles. The van der Waals surface area contributed by atoms with Gasteiger partial charge in [-0.25, -0.2) is 4.79 Å². The van der Waals surface area contributed by atoms with Gasteiger partial charge in [-0.3, -0.25) is 4.79 Å². The topological polar surface area (TPSA) is 70.2 Å². The van der Waals surface area contributed by atoms with Crippen LogP contribution in [0.4, 0.5) is 0 Å². The van der Waals surface area contributed by atoms with Gasteiger partial charge >= 0.3 is 5.97 Å². The Bertz CT molecular complexity index is 830. The van der Waals surface area contributed by atoms with Gasteiger partial charge in [-0.2, -0.15) is 0 Å². The highest BCUT2D eigenvalue weighted by Gasteiger charge is 2.19. The highest BCUT2D eigenvalue weighted by molar-refractivity contribution is 5.87. The molecule has 0 bridgehead atoms. The predicted molar refractivity (Wildman–Crippen MR) is 87.9 cm³/mol. The average molecular weight is 305 g/mol. The standard InChI is InChI=1S/C19H15NO3/c21-18-15(19(22)23)11-12-16(20-18)17(13-7-3-1-4-8-13)14-9-5-2-6-10-14/h1-12,17H,(H,20,21)(H,22,23). The number of pyridine rings is 1. The number of rotatable bonds is 4. The fourth-order valence-corrected chi connectivity index (χ4v) is 2.67. The number of hydrogen-bond donors (Lipinski definition) is 2. The number of carboxylic acids is 1. The van der Waals surface area contributed by atoms with Gasteiger partial charge in [0.15, 0.2) is 0 Å². The van der Waals surface area contributed by atoms with Gasteiger partial charge in [0, 0.05) is 11.6 Å². The third kappa shape index (κ3) is 3.06. The zero-order valence-electron chi connectivity index (χ0n) is 12.3. The van der Waals surface area contributed by atoms with Crippen LogP contribution in [-0.4, -0.2) is 16.1 Å². The minimum atomic E-state index is -1.23. The van der Waals surface area contributed by atoms with E-state index in [1.54, 1.807) is 6.07 Å². The zero-order chi connectivity index (χ0) is 16.2. The second-order valence-electron chi connectivity index (χ2n) is 5.22. The second kappa shape index (κ2) is 6.32. The quantitative estimate of drug-likeness (QED) is 0.777. The van der Waals surface area contributed by atoms with Gasteiger partial charge in [0.25, 0.3) is 5.56 Å². The molecule has 0 unspecified atom stereocenters. The molecular formula is C19H15NO3. The number of H-pyrrole nitrogens is 1. The second-order valence-corrected chi connectivity index (χ2v) is 5.22. The highest BCUT2D eigenvalue weighted by atomic mass is 16.4. The highest BCUT2D eigenvalue weighted by Crippen LogP contribution is 2.29. The van der Waals surface area contributed by atoms with Crippen LogP contribution >= 0.6 is 0 Å².